The molecular weight excluding hydrogens is 466 g/mol. The summed E-state index contributed by atoms with van der Waals surface area (Å²) >= 11 is 0. The van der Waals surface area contributed by atoms with E-state index >= 15 is 0 Å². The molecule has 1 N–H and O–H groups in total. The van der Waals surface area contributed by atoms with E-state index in [0.717, 1.165) is 5.56 Å². The van der Waals surface area contributed by atoms with E-state index in [1.54, 1.807) is 6.07 Å². The molecular formula is C27H23NO8. The summed E-state index contributed by atoms with van der Waals surface area (Å²) in [5.41, 5.74) is 0.294. The van der Waals surface area contributed by atoms with Gasteiger partial charge in [0, 0.05) is 18.0 Å². The Kier molecular flexibility index (Phi) is 7.20. The maximum Gasteiger partial charge on any atom is 0.349 e. The number of methoxy groups -OCH3 is 3. The van der Waals surface area contributed by atoms with Gasteiger partial charge in [-0.1, -0.05) is 30.3 Å². The molecule has 1 aromatic heterocycles. The van der Waals surface area contributed by atoms with Gasteiger partial charge in [0.2, 0.25) is 5.75 Å². The van der Waals surface area contributed by atoms with Gasteiger partial charge < -0.3 is 28.7 Å². The summed E-state index contributed by atoms with van der Waals surface area (Å²) in [6, 6.07) is 18.2. The second-order valence-corrected chi connectivity index (χ2v) is 7.62. The van der Waals surface area contributed by atoms with Gasteiger partial charge in [0.25, 0.3) is 5.91 Å². The lowest BCUT2D eigenvalue weighted by Gasteiger charge is -2.13. The smallest absolute Gasteiger partial charge is 0.349 e. The van der Waals surface area contributed by atoms with Crippen molar-refractivity contribution in [3.05, 3.63) is 93.8 Å². The van der Waals surface area contributed by atoms with Crippen LogP contribution < -0.4 is 29.9 Å². The summed E-state index contributed by atoms with van der Waals surface area (Å²) in [6.07, 6.45) is 0. The van der Waals surface area contributed by atoms with Crippen LogP contribution in [-0.2, 0) is 6.54 Å². The van der Waals surface area contributed by atoms with Crippen molar-refractivity contribution in [1.29, 1.82) is 0 Å². The molecule has 9 heteroatoms. The first-order valence-corrected chi connectivity index (χ1v) is 10.9. The van der Waals surface area contributed by atoms with Crippen molar-refractivity contribution in [2.24, 2.45) is 0 Å². The van der Waals surface area contributed by atoms with Crippen LogP contribution in [0, 0.1) is 0 Å². The minimum atomic E-state index is -0.804. The van der Waals surface area contributed by atoms with Crippen molar-refractivity contribution in [2.75, 3.05) is 21.3 Å². The minimum absolute atomic E-state index is 0.124. The van der Waals surface area contributed by atoms with E-state index in [4.69, 9.17) is 23.4 Å². The van der Waals surface area contributed by atoms with Gasteiger partial charge in [-0.15, -0.1) is 0 Å². The van der Waals surface area contributed by atoms with Crippen LogP contribution in [-0.4, -0.2) is 33.2 Å². The number of amides is 1. The Morgan fingerprint density at radius 3 is 2.19 bits per heavy atom. The van der Waals surface area contributed by atoms with Gasteiger partial charge in [-0.05, 0) is 35.9 Å². The summed E-state index contributed by atoms with van der Waals surface area (Å²) < 4.78 is 26.6. The molecule has 1 heterocycles. The third-order valence-electron chi connectivity index (χ3n) is 5.36. The molecule has 0 unspecified atom stereocenters. The summed E-state index contributed by atoms with van der Waals surface area (Å²) in [4.78, 5) is 37.8. The molecule has 4 aromatic rings. The maximum atomic E-state index is 12.8. The number of ether oxygens (including phenoxy) is 4. The van der Waals surface area contributed by atoms with Crippen LogP contribution in [0.3, 0.4) is 0 Å². The number of esters is 1. The molecule has 184 valence electrons. The topological polar surface area (TPSA) is 113 Å². The average molecular weight is 489 g/mol. The molecule has 0 spiro atoms. The second-order valence-electron chi connectivity index (χ2n) is 7.62. The lowest BCUT2D eigenvalue weighted by molar-refractivity contribution is 0.0733. The predicted molar refractivity (Wildman–Crippen MR) is 131 cm³/mol. The molecule has 0 fully saturated rings. The van der Waals surface area contributed by atoms with E-state index in [2.05, 4.69) is 5.32 Å². The highest BCUT2D eigenvalue weighted by Gasteiger charge is 2.19. The lowest BCUT2D eigenvalue weighted by Crippen LogP contribution is -2.27. The van der Waals surface area contributed by atoms with Gasteiger partial charge in [-0.2, -0.15) is 0 Å². The van der Waals surface area contributed by atoms with E-state index < -0.39 is 17.5 Å². The number of hydrogen-bond donors (Lipinski definition) is 1. The van der Waals surface area contributed by atoms with Gasteiger partial charge in [0.15, 0.2) is 11.5 Å². The van der Waals surface area contributed by atoms with Crippen LogP contribution in [0.5, 0.6) is 23.0 Å². The van der Waals surface area contributed by atoms with Crippen LogP contribution in [0.2, 0.25) is 0 Å². The molecule has 0 saturated heterocycles. The Balaban J connectivity index is 1.54. The molecule has 0 aliphatic rings. The summed E-state index contributed by atoms with van der Waals surface area (Å²) in [7, 11) is 4.33. The van der Waals surface area contributed by atoms with Crippen molar-refractivity contribution in [3.63, 3.8) is 0 Å². The molecule has 36 heavy (non-hydrogen) atoms. The van der Waals surface area contributed by atoms with Gasteiger partial charge in [0.1, 0.15) is 16.9 Å². The molecule has 0 aliphatic carbocycles. The molecule has 3 aromatic carbocycles. The summed E-state index contributed by atoms with van der Waals surface area (Å²) in [5, 5.41) is 3.20. The molecule has 0 bridgehead atoms. The monoisotopic (exact) mass is 489 g/mol. The molecule has 4 rings (SSSR count). The fraction of sp³-hybridized carbons (Fsp3) is 0.148. The molecule has 1 amide bonds. The van der Waals surface area contributed by atoms with Crippen molar-refractivity contribution >= 4 is 22.8 Å². The van der Waals surface area contributed by atoms with Crippen molar-refractivity contribution in [2.45, 2.75) is 6.54 Å². The number of hydrogen-bond acceptors (Lipinski definition) is 8. The normalized spacial score (nSPS) is 10.5. The van der Waals surface area contributed by atoms with E-state index in [9.17, 15) is 14.4 Å². The first kappa shape index (κ1) is 24.3. The summed E-state index contributed by atoms with van der Waals surface area (Å²) in [6.45, 7) is 0.271. The average Bonchev–Trinajstić information content (AvgIpc) is 2.90. The Hall–Kier alpha value is -4.79. The van der Waals surface area contributed by atoms with Gasteiger partial charge in [-0.3, -0.25) is 4.79 Å². The zero-order valence-corrected chi connectivity index (χ0v) is 19.8. The highest BCUT2D eigenvalue weighted by atomic mass is 16.5. The van der Waals surface area contributed by atoms with Crippen molar-refractivity contribution in [3.8, 4) is 23.0 Å². The van der Waals surface area contributed by atoms with Crippen LogP contribution in [0.1, 0.15) is 26.3 Å². The number of rotatable bonds is 8. The third-order valence-corrected chi connectivity index (χ3v) is 5.36. The summed E-state index contributed by atoms with van der Waals surface area (Å²) in [5.74, 6) is -0.156. The number of nitrogens with one attached hydrogen (secondary N) is 1. The predicted octanol–water partition coefficient (Wildman–Crippen LogP) is 3.97. The SMILES string of the molecule is COc1cc(C(=O)Oc2ccc3cc(C(=O)NCc4ccccc4)c(=O)oc3c2)cc(OC)c1OC. The number of benzene rings is 3. The van der Waals surface area contributed by atoms with Gasteiger partial charge >= 0.3 is 11.6 Å². The van der Waals surface area contributed by atoms with E-state index in [1.807, 2.05) is 30.3 Å². The highest BCUT2D eigenvalue weighted by Crippen LogP contribution is 2.38. The van der Waals surface area contributed by atoms with E-state index in [-0.39, 0.29) is 29.0 Å². The highest BCUT2D eigenvalue weighted by molar-refractivity contribution is 5.97. The zero-order valence-electron chi connectivity index (χ0n) is 19.8. The van der Waals surface area contributed by atoms with Crippen LogP contribution >= 0.6 is 0 Å². The van der Waals surface area contributed by atoms with Crippen molar-refractivity contribution in [1.82, 2.24) is 5.32 Å². The first-order chi connectivity index (χ1) is 17.4. The van der Waals surface area contributed by atoms with E-state index in [1.165, 1.54) is 51.7 Å². The van der Waals surface area contributed by atoms with Crippen molar-refractivity contribution < 1.29 is 33.0 Å². The Morgan fingerprint density at radius 2 is 1.56 bits per heavy atom. The molecule has 0 aliphatic heterocycles. The van der Waals surface area contributed by atoms with Crippen LogP contribution in [0.4, 0.5) is 0 Å². The third kappa shape index (κ3) is 5.15. The number of fused-ring (bicyclic) bond motifs is 1. The molecule has 0 radical (unpaired) electrons. The molecule has 9 nitrogen and oxygen atoms in total. The quantitative estimate of drug-likeness (QED) is 0.225. The lowest BCUT2D eigenvalue weighted by atomic mass is 10.1. The zero-order chi connectivity index (χ0) is 25.7. The molecule has 0 saturated carbocycles. The fourth-order valence-corrected chi connectivity index (χ4v) is 3.55. The first-order valence-electron chi connectivity index (χ1n) is 10.9. The number of carbonyl (C=O) groups is 2. The Morgan fingerprint density at radius 1 is 0.861 bits per heavy atom. The van der Waals surface area contributed by atoms with Gasteiger partial charge in [0.05, 0.1) is 26.9 Å². The van der Waals surface area contributed by atoms with E-state index in [0.29, 0.717) is 22.6 Å². The van der Waals surface area contributed by atoms with Crippen LogP contribution in [0.25, 0.3) is 11.0 Å². The largest absolute Gasteiger partial charge is 0.493 e. The van der Waals surface area contributed by atoms with Gasteiger partial charge in [-0.25, -0.2) is 9.59 Å². The fourth-order valence-electron chi connectivity index (χ4n) is 3.55. The minimum Gasteiger partial charge on any atom is -0.493 e. The van der Waals surface area contributed by atoms with Crippen LogP contribution in [0.15, 0.2) is 75.9 Å². The standard InChI is InChI=1S/C27H23NO8/c1-32-22-12-18(13-23(33-2)24(22)34-3)26(30)35-19-10-9-17-11-20(27(31)36-21(17)14-19)25(29)28-15-16-7-5-4-6-8-16/h4-14H,15H2,1-3H3,(H,28,29). The Bertz CT molecular complexity index is 1450. The Labute approximate surface area is 206 Å². The second kappa shape index (κ2) is 10.6. The molecule has 0 atom stereocenters. The number of carbonyl (C=O) groups excluding carboxylic acids is 2. The maximum absolute atomic E-state index is 12.8.